The van der Waals surface area contributed by atoms with Crippen LogP contribution in [0.5, 0.6) is 0 Å². The van der Waals surface area contributed by atoms with Crippen molar-refractivity contribution in [3.63, 3.8) is 0 Å². The third-order valence-electron chi connectivity index (χ3n) is 2.74. The lowest BCUT2D eigenvalue weighted by atomic mass is 10.1. The lowest BCUT2D eigenvalue weighted by molar-refractivity contribution is 0.196. The van der Waals surface area contributed by atoms with Crippen LogP contribution in [0, 0.1) is 0 Å². The minimum atomic E-state index is -0.547. The van der Waals surface area contributed by atoms with Crippen molar-refractivity contribution in [3.05, 3.63) is 40.3 Å². The molecular weight excluding hydrogens is 262 g/mol. The molecule has 1 atom stereocenters. The summed E-state index contributed by atoms with van der Waals surface area (Å²) in [5.74, 6) is 0. The number of rotatable bonds is 5. The third kappa shape index (κ3) is 3.08. The first-order valence-corrected chi connectivity index (χ1v) is 7.05. The molecule has 1 aromatic carbocycles. The van der Waals surface area contributed by atoms with Gasteiger partial charge in [-0.25, -0.2) is 9.89 Å². The first-order chi connectivity index (χ1) is 9.13. The normalized spacial score (nSPS) is 12.6. The molecule has 19 heavy (non-hydrogen) atoms. The fourth-order valence-electron chi connectivity index (χ4n) is 1.82. The Morgan fingerprint density at radius 2 is 2.21 bits per heavy atom. The molecule has 0 aliphatic heterocycles. The van der Waals surface area contributed by atoms with Gasteiger partial charge in [0.1, 0.15) is 0 Å². The molecule has 0 spiro atoms. The van der Waals surface area contributed by atoms with Gasteiger partial charge in [0.25, 0.3) is 0 Å². The molecule has 0 radical (unpaired) electrons. The van der Waals surface area contributed by atoms with Gasteiger partial charge < -0.3 is 5.11 Å². The molecule has 102 valence electrons. The fourth-order valence-corrected chi connectivity index (χ4v) is 2.89. The summed E-state index contributed by atoms with van der Waals surface area (Å²) >= 11 is 1.39. The second-order valence-corrected chi connectivity index (χ2v) is 5.29. The summed E-state index contributed by atoms with van der Waals surface area (Å²) in [5, 5.41) is 16.9. The number of aliphatic hydroxyl groups is 1. The van der Waals surface area contributed by atoms with Crippen molar-refractivity contribution in [2.45, 2.75) is 43.0 Å². The van der Waals surface area contributed by atoms with Gasteiger partial charge in [0.15, 0.2) is 5.16 Å². The zero-order valence-electron chi connectivity index (χ0n) is 11.0. The molecule has 0 unspecified atom stereocenters. The second-order valence-electron chi connectivity index (χ2n) is 4.28. The predicted octanol–water partition coefficient (Wildman–Crippen LogP) is 2.19. The Labute approximate surface area is 115 Å². The van der Waals surface area contributed by atoms with Gasteiger partial charge in [-0.3, -0.25) is 4.57 Å². The Kier molecular flexibility index (Phi) is 4.44. The van der Waals surface area contributed by atoms with E-state index in [0.717, 1.165) is 16.9 Å². The van der Waals surface area contributed by atoms with E-state index in [1.165, 1.54) is 11.8 Å². The highest BCUT2D eigenvalue weighted by molar-refractivity contribution is 7.99. The molecule has 2 aromatic rings. The Morgan fingerprint density at radius 3 is 2.89 bits per heavy atom. The van der Waals surface area contributed by atoms with E-state index in [2.05, 4.69) is 10.2 Å². The van der Waals surface area contributed by atoms with Crippen molar-refractivity contribution in [3.8, 4) is 0 Å². The quantitative estimate of drug-likeness (QED) is 0.880. The zero-order valence-corrected chi connectivity index (χ0v) is 11.8. The molecule has 0 bridgehead atoms. The molecule has 0 saturated heterocycles. The van der Waals surface area contributed by atoms with Crippen molar-refractivity contribution in [2.75, 3.05) is 0 Å². The maximum atomic E-state index is 11.6. The molecule has 1 heterocycles. The zero-order chi connectivity index (χ0) is 13.8. The lowest BCUT2D eigenvalue weighted by Gasteiger charge is -2.11. The van der Waals surface area contributed by atoms with Gasteiger partial charge in [-0.1, -0.05) is 25.1 Å². The smallest absolute Gasteiger partial charge is 0.343 e. The fraction of sp³-hybridized carbons (Fsp3) is 0.385. The van der Waals surface area contributed by atoms with Crippen molar-refractivity contribution >= 4 is 11.8 Å². The van der Waals surface area contributed by atoms with Crippen LogP contribution in [-0.4, -0.2) is 19.9 Å². The average Bonchev–Trinajstić information content (AvgIpc) is 2.72. The van der Waals surface area contributed by atoms with E-state index in [-0.39, 0.29) is 5.69 Å². The molecule has 0 aliphatic rings. The molecule has 0 amide bonds. The number of H-pyrrole nitrogens is 1. The number of aromatic amines is 1. The van der Waals surface area contributed by atoms with Gasteiger partial charge in [0.05, 0.1) is 6.10 Å². The highest BCUT2D eigenvalue weighted by Gasteiger charge is 2.13. The van der Waals surface area contributed by atoms with E-state index in [1.807, 2.05) is 31.2 Å². The minimum Gasteiger partial charge on any atom is -0.389 e. The van der Waals surface area contributed by atoms with E-state index < -0.39 is 6.10 Å². The van der Waals surface area contributed by atoms with Gasteiger partial charge in [0, 0.05) is 11.4 Å². The highest BCUT2D eigenvalue weighted by Crippen LogP contribution is 2.31. The first kappa shape index (κ1) is 13.9. The average molecular weight is 279 g/mol. The molecule has 0 aliphatic carbocycles. The summed E-state index contributed by atoms with van der Waals surface area (Å²) in [5.41, 5.74) is 0.643. The van der Waals surface area contributed by atoms with Crippen molar-refractivity contribution in [2.24, 2.45) is 0 Å². The number of hydrogen-bond acceptors (Lipinski definition) is 4. The number of aliphatic hydroxyl groups excluding tert-OH is 1. The maximum absolute atomic E-state index is 11.6. The van der Waals surface area contributed by atoms with Crippen LogP contribution in [0.25, 0.3) is 0 Å². The predicted molar refractivity (Wildman–Crippen MR) is 74.3 cm³/mol. The maximum Gasteiger partial charge on any atom is 0.343 e. The number of aromatic nitrogens is 3. The molecule has 2 N–H and O–H groups in total. The van der Waals surface area contributed by atoms with Crippen LogP contribution in [0.15, 0.2) is 39.1 Å². The monoisotopic (exact) mass is 279 g/mol. The number of hydrogen-bond donors (Lipinski definition) is 2. The van der Waals surface area contributed by atoms with E-state index in [9.17, 15) is 9.90 Å². The largest absolute Gasteiger partial charge is 0.389 e. The molecule has 0 fully saturated rings. The molecule has 1 aromatic heterocycles. The van der Waals surface area contributed by atoms with E-state index in [4.69, 9.17) is 0 Å². The molecular formula is C13H17N3O2S. The summed E-state index contributed by atoms with van der Waals surface area (Å²) in [4.78, 5) is 12.5. The Morgan fingerprint density at radius 1 is 1.47 bits per heavy atom. The van der Waals surface area contributed by atoms with Gasteiger partial charge in [-0.05, 0) is 36.7 Å². The van der Waals surface area contributed by atoms with Gasteiger partial charge in [-0.2, -0.15) is 0 Å². The van der Waals surface area contributed by atoms with Gasteiger partial charge in [-0.15, -0.1) is 5.10 Å². The Balaban J connectivity index is 2.34. The highest BCUT2D eigenvalue weighted by atomic mass is 32.2. The van der Waals surface area contributed by atoms with Crippen LogP contribution in [0.1, 0.15) is 31.9 Å². The molecule has 6 heteroatoms. The SMILES string of the molecule is CCCn1c(Sc2ccccc2[C@@H](C)O)n[nH]c1=O. The summed E-state index contributed by atoms with van der Waals surface area (Å²) in [7, 11) is 0. The van der Waals surface area contributed by atoms with Crippen LogP contribution in [0.3, 0.4) is 0 Å². The Hall–Kier alpha value is -1.53. The van der Waals surface area contributed by atoms with E-state index in [0.29, 0.717) is 11.7 Å². The summed E-state index contributed by atoms with van der Waals surface area (Å²) in [6.45, 7) is 4.37. The van der Waals surface area contributed by atoms with Crippen molar-refractivity contribution in [1.29, 1.82) is 0 Å². The third-order valence-corrected chi connectivity index (χ3v) is 3.83. The molecule has 2 rings (SSSR count). The number of nitrogens with zero attached hydrogens (tertiary/aromatic N) is 2. The summed E-state index contributed by atoms with van der Waals surface area (Å²) in [6, 6.07) is 7.59. The number of nitrogens with one attached hydrogen (secondary N) is 1. The molecule has 5 nitrogen and oxygen atoms in total. The van der Waals surface area contributed by atoms with Crippen LogP contribution < -0.4 is 5.69 Å². The van der Waals surface area contributed by atoms with Crippen LogP contribution in [0.2, 0.25) is 0 Å². The van der Waals surface area contributed by atoms with Gasteiger partial charge in [0.2, 0.25) is 0 Å². The van der Waals surface area contributed by atoms with E-state index in [1.54, 1.807) is 11.5 Å². The number of benzene rings is 1. The van der Waals surface area contributed by atoms with Crippen molar-refractivity contribution in [1.82, 2.24) is 14.8 Å². The second kappa shape index (κ2) is 6.08. The van der Waals surface area contributed by atoms with E-state index >= 15 is 0 Å². The topological polar surface area (TPSA) is 70.9 Å². The lowest BCUT2D eigenvalue weighted by Crippen LogP contribution is -2.17. The van der Waals surface area contributed by atoms with Crippen LogP contribution in [0.4, 0.5) is 0 Å². The minimum absolute atomic E-state index is 0.195. The first-order valence-electron chi connectivity index (χ1n) is 6.23. The van der Waals surface area contributed by atoms with Crippen LogP contribution >= 0.6 is 11.8 Å². The molecule has 0 saturated carbocycles. The summed E-state index contributed by atoms with van der Waals surface area (Å²) < 4.78 is 1.61. The summed E-state index contributed by atoms with van der Waals surface area (Å²) in [6.07, 6.45) is 0.319. The van der Waals surface area contributed by atoms with Crippen LogP contribution in [-0.2, 0) is 6.54 Å². The Bertz CT molecular complexity index is 604. The van der Waals surface area contributed by atoms with Gasteiger partial charge >= 0.3 is 5.69 Å². The van der Waals surface area contributed by atoms with Crippen molar-refractivity contribution < 1.29 is 5.11 Å². The standard InChI is InChI=1S/C13H17N3O2S/c1-3-8-16-12(18)14-15-13(16)19-11-7-5-4-6-10(11)9(2)17/h4-7,9,17H,3,8H2,1-2H3,(H,14,18)/t9-/m1/s1.